The van der Waals surface area contributed by atoms with Crippen molar-refractivity contribution in [2.24, 2.45) is 0 Å². The zero-order chi connectivity index (χ0) is 24.4. The Morgan fingerprint density at radius 2 is 1.57 bits per heavy atom. The van der Waals surface area contributed by atoms with E-state index in [1.54, 1.807) is 30.3 Å². The first-order valence-corrected chi connectivity index (χ1v) is 11.1. The number of aryl methyl sites for hydroxylation is 2. The van der Waals surface area contributed by atoms with Crippen LogP contribution in [0.5, 0.6) is 0 Å². The third-order valence-electron chi connectivity index (χ3n) is 5.53. The standard InChI is InChI=1S/C28H22N4O3/c1-17-3-12-25-23(13-17)24(33)15-26(35-25)19-4-6-20(7-5-19)28(34)32-22-10-8-21(9-11-22)31-27-14-18(2)29-16-30-27/h3-16H,1-2H3,(H,32,34)(H,29,30,31). The first-order chi connectivity index (χ1) is 16.9. The van der Waals surface area contributed by atoms with Crippen LogP contribution >= 0.6 is 0 Å². The molecule has 2 N–H and O–H groups in total. The van der Waals surface area contributed by atoms with Gasteiger partial charge in [0.25, 0.3) is 5.91 Å². The highest BCUT2D eigenvalue weighted by atomic mass is 16.3. The summed E-state index contributed by atoms with van der Waals surface area (Å²) in [7, 11) is 0. The van der Waals surface area contributed by atoms with Gasteiger partial charge in [-0.05, 0) is 62.4 Å². The summed E-state index contributed by atoms with van der Waals surface area (Å²) in [6.07, 6.45) is 1.51. The molecule has 0 aliphatic heterocycles. The molecule has 2 heterocycles. The Labute approximate surface area is 201 Å². The van der Waals surface area contributed by atoms with E-state index in [4.69, 9.17) is 4.42 Å². The van der Waals surface area contributed by atoms with Crippen molar-refractivity contribution < 1.29 is 9.21 Å². The number of carbonyl (C=O) groups is 1. The van der Waals surface area contributed by atoms with Gasteiger partial charge in [-0.15, -0.1) is 0 Å². The van der Waals surface area contributed by atoms with Gasteiger partial charge >= 0.3 is 0 Å². The molecule has 35 heavy (non-hydrogen) atoms. The monoisotopic (exact) mass is 462 g/mol. The van der Waals surface area contributed by atoms with Gasteiger partial charge in [-0.25, -0.2) is 9.97 Å². The molecule has 0 fully saturated rings. The molecule has 2 aromatic heterocycles. The topological polar surface area (TPSA) is 97.1 Å². The van der Waals surface area contributed by atoms with Crippen LogP contribution in [0.1, 0.15) is 21.6 Å². The SMILES string of the molecule is Cc1ccc2oc(-c3ccc(C(=O)Nc4ccc(Nc5cc(C)ncn5)cc4)cc3)cc(=O)c2c1. The van der Waals surface area contributed by atoms with Gasteiger partial charge in [0.05, 0.1) is 5.39 Å². The van der Waals surface area contributed by atoms with Gasteiger partial charge in [0.1, 0.15) is 23.5 Å². The summed E-state index contributed by atoms with van der Waals surface area (Å²) in [5.41, 5.74) is 5.03. The second-order valence-electron chi connectivity index (χ2n) is 8.25. The van der Waals surface area contributed by atoms with Crippen molar-refractivity contribution in [1.29, 1.82) is 0 Å². The number of hydrogen-bond donors (Lipinski definition) is 2. The number of anilines is 3. The Hall–Kier alpha value is -4.78. The predicted molar refractivity (Wildman–Crippen MR) is 137 cm³/mol. The fourth-order valence-electron chi connectivity index (χ4n) is 3.71. The number of nitrogens with zero attached hydrogens (tertiary/aromatic N) is 2. The van der Waals surface area contributed by atoms with Crippen LogP contribution in [-0.4, -0.2) is 15.9 Å². The van der Waals surface area contributed by atoms with E-state index in [1.165, 1.54) is 12.4 Å². The van der Waals surface area contributed by atoms with Gasteiger partial charge in [-0.1, -0.05) is 23.8 Å². The van der Waals surface area contributed by atoms with E-state index in [9.17, 15) is 9.59 Å². The molecule has 0 atom stereocenters. The number of carbonyl (C=O) groups excluding carboxylic acids is 1. The summed E-state index contributed by atoms with van der Waals surface area (Å²) in [5, 5.41) is 6.65. The summed E-state index contributed by atoms with van der Waals surface area (Å²) in [6, 6.07) is 23.1. The molecule has 0 saturated heterocycles. The van der Waals surface area contributed by atoms with E-state index in [1.807, 2.05) is 56.3 Å². The van der Waals surface area contributed by atoms with Gasteiger partial charge in [-0.3, -0.25) is 9.59 Å². The molecular weight excluding hydrogens is 440 g/mol. The first kappa shape index (κ1) is 22.0. The molecule has 5 aromatic rings. The van der Waals surface area contributed by atoms with Crippen LogP contribution in [0.3, 0.4) is 0 Å². The lowest BCUT2D eigenvalue weighted by Crippen LogP contribution is -2.11. The molecule has 3 aromatic carbocycles. The summed E-state index contributed by atoms with van der Waals surface area (Å²) in [5.74, 6) is 0.922. The second kappa shape index (κ2) is 9.23. The van der Waals surface area contributed by atoms with Crippen molar-refractivity contribution in [2.75, 3.05) is 10.6 Å². The van der Waals surface area contributed by atoms with Gasteiger partial charge in [0.2, 0.25) is 0 Å². The fraction of sp³-hybridized carbons (Fsp3) is 0.0714. The molecule has 7 heteroatoms. The van der Waals surface area contributed by atoms with Crippen molar-refractivity contribution in [3.8, 4) is 11.3 Å². The van der Waals surface area contributed by atoms with Gasteiger partial charge in [0.15, 0.2) is 5.43 Å². The number of benzene rings is 3. The lowest BCUT2D eigenvalue weighted by Gasteiger charge is -2.09. The lowest BCUT2D eigenvalue weighted by molar-refractivity contribution is 0.102. The van der Waals surface area contributed by atoms with Crippen LogP contribution in [0.25, 0.3) is 22.3 Å². The maximum atomic E-state index is 12.7. The number of nitrogens with one attached hydrogen (secondary N) is 2. The van der Waals surface area contributed by atoms with Gasteiger partial charge in [0, 0.05) is 40.3 Å². The third kappa shape index (κ3) is 4.94. The molecule has 0 spiro atoms. The van der Waals surface area contributed by atoms with Crippen LogP contribution in [-0.2, 0) is 0 Å². The highest BCUT2D eigenvalue weighted by Gasteiger charge is 2.10. The molecule has 0 bridgehead atoms. The minimum absolute atomic E-state index is 0.0976. The Morgan fingerprint density at radius 3 is 2.31 bits per heavy atom. The minimum atomic E-state index is -0.237. The Morgan fingerprint density at radius 1 is 0.829 bits per heavy atom. The molecule has 0 unspecified atom stereocenters. The van der Waals surface area contributed by atoms with Crippen molar-refractivity contribution >= 4 is 34.1 Å². The molecule has 172 valence electrons. The first-order valence-electron chi connectivity index (χ1n) is 11.1. The zero-order valence-corrected chi connectivity index (χ0v) is 19.2. The molecule has 0 aliphatic rings. The van der Waals surface area contributed by atoms with E-state index < -0.39 is 0 Å². The quantitative estimate of drug-likeness (QED) is 0.339. The highest BCUT2D eigenvalue weighted by Crippen LogP contribution is 2.24. The van der Waals surface area contributed by atoms with E-state index >= 15 is 0 Å². The maximum absolute atomic E-state index is 12.7. The van der Waals surface area contributed by atoms with Crippen LogP contribution in [0.2, 0.25) is 0 Å². The van der Waals surface area contributed by atoms with Crippen molar-refractivity contribution in [3.05, 3.63) is 112 Å². The van der Waals surface area contributed by atoms with Crippen LogP contribution in [0.4, 0.5) is 17.2 Å². The van der Waals surface area contributed by atoms with Gasteiger partial charge < -0.3 is 15.1 Å². The van der Waals surface area contributed by atoms with E-state index in [0.29, 0.717) is 33.8 Å². The minimum Gasteiger partial charge on any atom is -0.456 e. The molecule has 1 amide bonds. The summed E-state index contributed by atoms with van der Waals surface area (Å²) in [4.78, 5) is 33.5. The van der Waals surface area contributed by atoms with E-state index in [-0.39, 0.29) is 11.3 Å². The Bertz CT molecular complexity index is 1590. The average molecular weight is 463 g/mol. The Balaban J connectivity index is 1.28. The predicted octanol–water partition coefficient (Wildman–Crippen LogP) is 5.86. The molecule has 0 aliphatic carbocycles. The van der Waals surface area contributed by atoms with Crippen molar-refractivity contribution in [2.45, 2.75) is 13.8 Å². The molecule has 0 saturated carbocycles. The lowest BCUT2D eigenvalue weighted by atomic mass is 10.1. The number of amides is 1. The molecule has 7 nitrogen and oxygen atoms in total. The average Bonchev–Trinajstić information content (AvgIpc) is 2.86. The summed E-state index contributed by atoms with van der Waals surface area (Å²) in [6.45, 7) is 3.83. The molecular formula is C28H22N4O3. The highest BCUT2D eigenvalue weighted by molar-refractivity contribution is 6.04. The largest absolute Gasteiger partial charge is 0.456 e. The number of rotatable bonds is 5. The number of aromatic nitrogens is 2. The zero-order valence-electron chi connectivity index (χ0n) is 19.2. The molecule has 5 rings (SSSR count). The smallest absolute Gasteiger partial charge is 0.255 e. The van der Waals surface area contributed by atoms with E-state index in [0.717, 1.165) is 22.5 Å². The summed E-state index contributed by atoms with van der Waals surface area (Å²) < 4.78 is 5.93. The second-order valence-corrected chi connectivity index (χ2v) is 8.25. The maximum Gasteiger partial charge on any atom is 0.255 e. The number of fused-ring (bicyclic) bond motifs is 1. The fourth-order valence-corrected chi connectivity index (χ4v) is 3.71. The molecule has 0 radical (unpaired) electrons. The number of hydrogen-bond acceptors (Lipinski definition) is 6. The van der Waals surface area contributed by atoms with Crippen LogP contribution < -0.4 is 16.1 Å². The van der Waals surface area contributed by atoms with Gasteiger partial charge in [-0.2, -0.15) is 0 Å². The van der Waals surface area contributed by atoms with Crippen LogP contribution in [0.15, 0.2) is 94.4 Å². The van der Waals surface area contributed by atoms with Crippen molar-refractivity contribution in [1.82, 2.24) is 9.97 Å². The summed E-state index contributed by atoms with van der Waals surface area (Å²) >= 11 is 0. The van der Waals surface area contributed by atoms with E-state index in [2.05, 4.69) is 20.6 Å². The Kier molecular flexibility index (Phi) is 5.81. The normalized spacial score (nSPS) is 10.8. The third-order valence-corrected chi connectivity index (χ3v) is 5.53. The van der Waals surface area contributed by atoms with Crippen LogP contribution in [0, 0.1) is 13.8 Å². The van der Waals surface area contributed by atoms with Crippen molar-refractivity contribution in [3.63, 3.8) is 0 Å².